The Hall–Kier alpha value is -1.68. The van der Waals surface area contributed by atoms with Gasteiger partial charge >= 0.3 is 0 Å². The summed E-state index contributed by atoms with van der Waals surface area (Å²) in [6.07, 6.45) is 3.60. The Labute approximate surface area is 113 Å². The van der Waals surface area contributed by atoms with Crippen molar-refractivity contribution >= 4 is 17.5 Å². The first-order valence-corrected chi connectivity index (χ1v) is 6.89. The molecule has 1 saturated heterocycles. The number of carbonyl (C=O) groups is 2. The van der Waals surface area contributed by atoms with Crippen LogP contribution in [-0.4, -0.2) is 24.4 Å². The number of hydrogen-bond donors (Lipinski definition) is 1. The molecule has 19 heavy (non-hydrogen) atoms. The molecule has 0 spiro atoms. The summed E-state index contributed by atoms with van der Waals surface area (Å²) in [5.74, 6) is -0.253. The molecular weight excluding hydrogens is 240 g/mol. The van der Waals surface area contributed by atoms with Crippen molar-refractivity contribution in [2.24, 2.45) is 0 Å². The van der Waals surface area contributed by atoms with Crippen molar-refractivity contribution in [2.75, 3.05) is 11.4 Å². The van der Waals surface area contributed by atoms with E-state index in [1.165, 1.54) is 4.90 Å². The highest BCUT2D eigenvalue weighted by atomic mass is 16.2. The SMILES string of the molecule is CCCCCNC1CC(=O)N(c2ccccc2)C1=O. The van der Waals surface area contributed by atoms with E-state index < -0.39 is 0 Å². The second kappa shape index (κ2) is 6.48. The van der Waals surface area contributed by atoms with E-state index in [1.807, 2.05) is 18.2 Å². The van der Waals surface area contributed by atoms with Crippen molar-refractivity contribution in [1.29, 1.82) is 0 Å². The van der Waals surface area contributed by atoms with Crippen LogP contribution in [-0.2, 0) is 9.59 Å². The molecule has 1 heterocycles. The zero-order valence-corrected chi connectivity index (χ0v) is 11.3. The number of anilines is 1. The fourth-order valence-electron chi connectivity index (χ4n) is 2.29. The van der Waals surface area contributed by atoms with E-state index in [-0.39, 0.29) is 24.3 Å². The molecule has 0 bridgehead atoms. The lowest BCUT2D eigenvalue weighted by atomic mass is 10.2. The zero-order chi connectivity index (χ0) is 13.7. The minimum atomic E-state index is -0.357. The van der Waals surface area contributed by atoms with Gasteiger partial charge in [0.25, 0.3) is 5.91 Å². The fraction of sp³-hybridized carbons (Fsp3) is 0.467. The van der Waals surface area contributed by atoms with Gasteiger partial charge in [-0.05, 0) is 25.1 Å². The van der Waals surface area contributed by atoms with Crippen LogP contribution in [0.25, 0.3) is 0 Å². The number of nitrogens with one attached hydrogen (secondary N) is 1. The molecular formula is C15H20N2O2. The minimum absolute atomic E-state index is 0.121. The predicted octanol–water partition coefficient (Wildman–Crippen LogP) is 2.10. The first-order chi connectivity index (χ1) is 9.24. The van der Waals surface area contributed by atoms with Crippen molar-refractivity contribution in [2.45, 2.75) is 38.6 Å². The molecule has 2 rings (SSSR count). The predicted molar refractivity (Wildman–Crippen MR) is 74.9 cm³/mol. The fourth-order valence-corrected chi connectivity index (χ4v) is 2.29. The number of nitrogens with zero attached hydrogens (tertiary/aromatic N) is 1. The molecule has 1 aromatic rings. The minimum Gasteiger partial charge on any atom is -0.305 e. The Kier molecular flexibility index (Phi) is 4.68. The third-order valence-electron chi connectivity index (χ3n) is 3.33. The standard InChI is InChI=1S/C15H20N2O2/c1-2-3-7-10-16-13-11-14(18)17(15(13)19)12-8-5-4-6-9-12/h4-6,8-9,13,16H,2-3,7,10-11H2,1H3. The molecule has 1 atom stereocenters. The first-order valence-electron chi connectivity index (χ1n) is 6.89. The summed E-state index contributed by atoms with van der Waals surface area (Å²) in [5, 5.41) is 3.18. The van der Waals surface area contributed by atoms with Crippen molar-refractivity contribution in [3.63, 3.8) is 0 Å². The van der Waals surface area contributed by atoms with Crippen molar-refractivity contribution in [1.82, 2.24) is 5.32 Å². The zero-order valence-electron chi connectivity index (χ0n) is 11.3. The summed E-state index contributed by atoms with van der Waals surface area (Å²) < 4.78 is 0. The van der Waals surface area contributed by atoms with Gasteiger partial charge in [0.05, 0.1) is 18.2 Å². The van der Waals surface area contributed by atoms with Crippen LogP contribution in [0.4, 0.5) is 5.69 Å². The van der Waals surface area contributed by atoms with Crippen LogP contribution in [0, 0.1) is 0 Å². The number of para-hydroxylation sites is 1. The van der Waals surface area contributed by atoms with Gasteiger partial charge in [-0.15, -0.1) is 0 Å². The number of amides is 2. The molecule has 102 valence electrons. The van der Waals surface area contributed by atoms with Crippen LogP contribution in [0.5, 0.6) is 0 Å². The Morgan fingerprint density at radius 2 is 1.95 bits per heavy atom. The molecule has 4 heteroatoms. The second-order valence-electron chi connectivity index (χ2n) is 4.82. The van der Waals surface area contributed by atoms with Crippen molar-refractivity contribution < 1.29 is 9.59 Å². The van der Waals surface area contributed by atoms with Gasteiger partial charge in [-0.2, -0.15) is 0 Å². The Morgan fingerprint density at radius 1 is 1.21 bits per heavy atom. The summed E-state index contributed by atoms with van der Waals surface area (Å²) in [5.41, 5.74) is 0.662. The van der Waals surface area contributed by atoms with E-state index in [9.17, 15) is 9.59 Å². The van der Waals surface area contributed by atoms with E-state index in [4.69, 9.17) is 0 Å². The van der Waals surface area contributed by atoms with Gasteiger partial charge in [0.2, 0.25) is 5.91 Å². The Morgan fingerprint density at radius 3 is 2.63 bits per heavy atom. The van der Waals surface area contributed by atoms with Crippen molar-refractivity contribution in [3.8, 4) is 0 Å². The Balaban J connectivity index is 1.97. The lowest BCUT2D eigenvalue weighted by Gasteiger charge is -2.15. The monoisotopic (exact) mass is 260 g/mol. The largest absolute Gasteiger partial charge is 0.305 e. The topological polar surface area (TPSA) is 49.4 Å². The van der Waals surface area contributed by atoms with Crippen molar-refractivity contribution in [3.05, 3.63) is 30.3 Å². The summed E-state index contributed by atoms with van der Waals surface area (Å²) in [7, 11) is 0. The van der Waals surface area contributed by atoms with Crippen LogP contribution in [0.3, 0.4) is 0 Å². The highest BCUT2D eigenvalue weighted by Crippen LogP contribution is 2.22. The molecule has 1 aliphatic rings. The van der Waals surface area contributed by atoms with Gasteiger partial charge in [0, 0.05) is 0 Å². The van der Waals surface area contributed by atoms with E-state index in [2.05, 4.69) is 12.2 Å². The molecule has 0 aliphatic carbocycles. The van der Waals surface area contributed by atoms with Crippen LogP contribution in [0.15, 0.2) is 30.3 Å². The van der Waals surface area contributed by atoms with E-state index in [0.29, 0.717) is 5.69 Å². The molecule has 0 radical (unpaired) electrons. The first kappa shape index (κ1) is 13.7. The van der Waals surface area contributed by atoms with Gasteiger partial charge in [0.1, 0.15) is 0 Å². The molecule has 0 saturated carbocycles. The second-order valence-corrected chi connectivity index (χ2v) is 4.82. The molecule has 0 aromatic heterocycles. The van der Waals surface area contributed by atoms with Crippen LogP contribution in [0.1, 0.15) is 32.6 Å². The van der Waals surface area contributed by atoms with Crippen LogP contribution in [0.2, 0.25) is 0 Å². The third-order valence-corrected chi connectivity index (χ3v) is 3.33. The normalized spacial score (nSPS) is 19.2. The number of hydrogen-bond acceptors (Lipinski definition) is 3. The lowest BCUT2D eigenvalue weighted by Crippen LogP contribution is -2.39. The smallest absolute Gasteiger partial charge is 0.251 e. The number of imide groups is 1. The van der Waals surface area contributed by atoms with E-state index in [1.54, 1.807) is 12.1 Å². The van der Waals surface area contributed by atoms with Gasteiger partial charge in [-0.1, -0.05) is 38.0 Å². The average Bonchev–Trinajstić information content (AvgIpc) is 2.71. The van der Waals surface area contributed by atoms with E-state index >= 15 is 0 Å². The number of unbranched alkanes of at least 4 members (excludes halogenated alkanes) is 2. The summed E-state index contributed by atoms with van der Waals surface area (Å²) in [6.45, 7) is 2.93. The van der Waals surface area contributed by atoms with Crippen LogP contribution >= 0.6 is 0 Å². The van der Waals surface area contributed by atoms with Gasteiger partial charge in [-0.3, -0.25) is 9.59 Å². The molecule has 1 fully saturated rings. The van der Waals surface area contributed by atoms with Crippen LogP contribution < -0.4 is 10.2 Å². The Bertz CT molecular complexity index is 445. The highest BCUT2D eigenvalue weighted by molar-refractivity contribution is 6.22. The average molecular weight is 260 g/mol. The third kappa shape index (κ3) is 3.20. The molecule has 1 aromatic carbocycles. The number of carbonyl (C=O) groups excluding carboxylic acids is 2. The summed E-state index contributed by atoms with van der Waals surface area (Å²) >= 11 is 0. The maximum atomic E-state index is 12.2. The van der Waals surface area contributed by atoms with Gasteiger partial charge in [0.15, 0.2) is 0 Å². The van der Waals surface area contributed by atoms with Gasteiger partial charge in [-0.25, -0.2) is 4.90 Å². The number of benzene rings is 1. The maximum Gasteiger partial charge on any atom is 0.251 e. The molecule has 1 aliphatic heterocycles. The molecule has 1 unspecified atom stereocenters. The highest BCUT2D eigenvalue weighted by Gasteiger charge is 2.38. The summed E-state index contributed by atoms with van der Waals surface area (Å²) in [4.78, 5) is 25.5. The maximum absolute atomic E-state index is 12.2. The van der Waals surface area contributed by atoms with Gasteiger partial charge < -0.3 is 5.32 Å². The lowest BCUT2D eigenvalue weighted by molar-refractivity contribution is -0.121. The quantitative estimate of drug-likeness (QED) is 0.629. The number of rotatable bonds is 6. The van der Waals surface area contributed by atoms with E-state index in [0.717, 1.165) is 25.8 Å². The molecule has 2 amide bonds. The molecule has 1 N–H and O–H groups in total. The molecule has 4 nitrogen and oxygen atoms in total. The summed E-state index contributed by atoms with van der Waals surface area (Å²) in [6, 6.07) is 8.75.